The summed E-state index contributed by atoms with van der Waals surface area (Å²) in [5.74, 6) is 0.226. The summed E-state index contributed by atoms with van der Waals surface area (Å²) in [6.07, 6.45) is 54.2. The molecule has 0 aromatic carbocycles. The van der Waals surface area contributed by atoms with Crippen LogP contribution in [-0.4, -0.2) is 12.6 Å². The minimum absolute atomic E-state index is 0.156. The van der Waals surface area contributed by atoms with Crippen molar-refractivity contribution in [2.75, 3.05) is 6.61 Å². The highest BCUT2D eigenvalue weighted by atomic mass is 32.1. The smallest absolute Gasteiger partial charge is 0.348 e. The molecule has 0 saturated carbocycles. The van der Waals surface area contributed by atoms with Gasteiger partial charge in [-0.25, -0.2) is 4.79 Å². The maximum absolute atomic E-state index is 14.8. The largest absolute Gasteiger partial charge is 0.461 e. The number of hydrogen-bond donors (Lipinski definition) is 0. The van der Waals surface area contributed by atoms with E-state index in [1.807, 2.05) is 45.3 Å². The molecule has 10 aromatic heterocycles. The van der Waals surface area contributed by atoms with Gasteiger partial charge < -0.3 is 4.74 Å². The molecule has 584 valence electrons. The lowest BCUT2D eigenvalue weighted by molar-refractivity contribution is 0.0434. The molecule has 0 radical (unpaired) electrons. The van der Waals surface area contributed by atoms with E-state index in [2.05, 4.69) is 191 Å². The number of unbranched alkanes of at least 4 members (excludes halogenated alkanes) is 25. The third kappa shape index (κ3) is 24.6. The first-order valence-electron chi connectivity index (χ1n) is 43.2. The van der Waals surface area contributed by atoms with Gasteiger partial charge in [0.2, 0.25) is 0 Å². The van der Waals surface area contributed by atoms with Crippen molar-refractivity contribution in [3.8, 4) is 78.0 Å². The zero-order valence-electron chi connectivity index (χ0n) is 67.6. The molecule has 2 nitrogen and oxygen atoms in total. The molecule has 0 amide bonds. The fourth-order valence-electron chi connectivity index (χ4n) is 15.3. The van der Waals surface area contributed by atoms with E-state index >= 15 is 0 Å². The van der Waals surface area contributed by atoms with Crippen LogP contribution in [0.3, 0.4) is 0 Å². The minimum atomic E-state index is -0.156. The van der Waals surface area contributed by atoms with Gasteiger partial charge in [-0.05, 0) is 225 Å². The molecule has 0 bridgehead atoms. The molecule has 0 spiro atoms. The van der Waals surface area contributed by atoms with E-state index in [4.69, 9.17) is 4.74 Å². The standard InChI is InChI=1S/C95H132O2S10/c1-11-21-30-38-47-68-55-77(98-65-68)79-57-72(51-42-34-25-15-5)88(100-79)90-74(53-44-36-27-17-7)61-81(104-90)86-70(49-40-32-23-13-3)59-83(102-86)92-76-63-85(95(96)97-64-67(20-10)46-29-19-9)106-93(76)94(107-92)84-60-71(50-41-33-24-14-4)87(103-84)82-62-75(54-45-37-28-18-8)91(105-82)89-73(52-43-35-26-16-6)58-80(101-89)78-56-69(66-99-78)48-39-31-22-12-2/h55-63,65-67H,11-54,64H2,1-10H3. The van der Waals surface area contributed by atoms with Crippen molar-refractivity contribution >= 4 is 129 Å². The van der Waals surface area contributed by atoms with E-state index in [-0.39, 0.29) is 5.97 Å². The number of carbonyl (C=O) groups is 1. The van der Waals surface area contributed by atoms with Gasteiger partial charge >= 0.3 is 5.97 Å². The predicted octanol–water partition coefficient (Wildman–Crippen LogP) is 36.1. The lowest BCUT2D eigenvalue weighted by Gasteiger charge is -2.14. The van der Waals surface area contributed by atoms with Crippen molar-refractivity contribution in [2.24, 2.45) is 5.92 Å². The Morgan fingerprint density at radius 3 is 0.953 bits per heavy atom. The Morgan fingerprint density at radius 1 is 0.290 bits per heavy atom. The average molecular weight is 1630 g/mol. The first kappa shape index (κ1) is 86.1. The summed E-state index contributed by atoms with van der Waals surface area (Å²) in [6.45, 7) is 23.8. The Morgan fingerprint density at radius 2 is 0.598 bits per heavy atom. The van der Waals surface area contributed by atoms with Crippen LogP contribution in [0.15, 0.2) is 65.4 Å². The van der Waals surface area contributed by atoms with Crippen LogP contribution >= 0.6 is 113 Å². The zero-order valence-corrected chi connectivity index (χ0v) is 75.8. The van der Waals surface area contributed by atoms with Gasteiger partial charge in [0.25, 0.3) is 0 Å². The summed E-state index contributed by atoms with van der Waals surface area (Å²) >= 11 is 20.2. The van der Waals surface area contributed by atoms with Crippen LogP contribution in [0.2, 0.25) is 0 Å². The molecule has 10 rings (SSSR count). The second-order valence-electron chi connectivity index (χ2n) is 31.0. The molecular weight excluding hydrogens is 1490 g/mol. The number of ether oxygens (including phenoxy) is 1. The number of thiophene rings is 10. The van der Waals surface area contributed by atoms with Gasteiger partial charge in [-0.3, -0.25) is 0 Å². The molecule has 10 aromatic rings. The van der Waals surface area contributed by atoms with E-state index in [1.165, 1.54) is 335 Å². The summed E-state index contributed by atoms with van der Waals surface area (Å²) in [6, 6.07) is 23.2. The third-order valence-electron chi connectivity index (χ3n) is 22.0. The quantitative estimate of drug-likeness (QED) is 0.0281. The molecule has 12 heteroatoms. The molecule has 1 unspecified atom stereocenters. The molecule has 107 heavy (non-hydrogen) atoms. The monoisotopic (exact) mass is 1620 g/mol. The Hall–Kier alpha value is -3.27. The number of aryl methyl sites for hydroxylation is 8. The third-order valence-corrected chi connectivity index (χ3v) is 34.9. The molecule has 0 aliphatic rings. The summed E-state index contributed by atoms with van der Waals surface area (Å²) < 4.78 is 7.66. The van der Waals surface area contributed by atoms with Crippen molar-refractivity contribution in [3.63, 3.8) is 0 Å². The Labute approximate surface area is 689 Å². The summed E-state index contributed by atoms with van der Waals surface area (Å²) in [5, 5.41) is 6.15. The number of hydrogen-bond acceptors (Lipinski definition) is 12. The van der Waals surface area contributed by atoms with Crippen LogP contribution in [0.4, 0.5) is 0 Å². The Bertz CT molecular complexity index is 3930. The van der Waals surface area contributed by atoms with Gasteiger partial charge in [0.05, 0.1) is 21.1 Å². The summed E-state index contributed by atoms with van der Waals surface area (Å²) in [4.78, 5) is 38.7. The van der Waals surface area contributed by atoms with E-state index in [0.29, 0.717) is 12.5 Å². The van der Waals surface area contributed by atoms with E-state index in [1.54, 1.807) is 33.6 Å². The predicted molar refractivity (Wildman–Crippen MR) is 493 cm³/mol. The molecule has 0 saturated heterocycles. The van der Waals surface area contributed by atoms with Crippen LogP contribution in [-0.2, 0) is 56.1 Å². The van der Waals surface area contributed by atoms with Crippen molar-refractivity contribution in [1.82, 2.24) is 0 Å². The van der Waals surface area contributed by atoms with Crippen molar-refractivity contribution in [3.05, 3.63) is 115 Å². The van der Waals surface area contributed by atoms with Crippen LogP contribution in [0.5, 0.6) is 0 Å². The van der Waals surface area contributed by atoms with Gasteiger partial charge in [0.15, 0.2) is 0 Å². The molecule has 0 fully saturated rings. The maximum atomic E-state index is 14.8. The van der Waals surface area contributed by atoms with Gasteiger partial charge in [-0.2, -0.15) is 0 Å². The number of fused-ring (bicyclic) bond motifs is 1. The highest BCUT2D eigenvalue weighted by molar-refractivity contribution is 7.35. The fraction of sp³-hybridized carbons (Fsp3) is 0.589. The second kappa shape index (κ2) is 46.8. The van der Waals surface area contributed by atoms with Crippen molar-refractivity contribution in [1.29, 1.82) is 0 Å². The topological polar surface area (TPSA) is 26.3 Å². The lowest BCUT2D eigenvalue weighted by atomic mass is 10.0. The highest BCUT2D eigenvalue weighted by Gasteiger charge is 2.29. The van der Waals surface area contributed by atoms with Crippen LogP contribution in [0.1, 0.15) is 355 Å². The van der Waals surface area contributed by atoms with Gasteiger partial charge in [0, 0.05) is 73.7 Å². The maximum Gasteiger partial charge on any atom is 0.348 e. The molecule has 1 atom stereocenters. The Kier molecular flexibility index (Phi) is 37.7. The molecule has 0 N–H and O–H groups in total. The minimum Gasteiger partial charge on any atom is -0.461 e. The molecular formula is C95H132O2S10. The molecule has 0 aliphatic carbocycles. The number of esters is 1. The van der Waals surface area contributed by atoms with Crippen LogP contribution < -0.4 is 0 Å². The van der Waals surface area contributed by atoms with Gasteiger partial charge in [-0.1, -0.05) is 243 Å². The van der Waals surface area contributed by atoms with Gasteiger partial charge in [0.1, 0.15) is 4.88 Å². The van der Waals surface area contributed by atoms with Gasteiger partial charge in [-0.15, -0.1) is 113 Å². The summed E-state index contributed by atoms with van der Waals surface area (Å²) in [7, 11) is 0. The van der Waals surface area contributed by atoms with Crippen LogP contribution in [0.25, 0.3) is 88.1 Å². The zero-order chi connectivity index (χ0) is 75.1. The number of rotatable bonds is 55. The SMILES string of the molecule is CCCCCCc1csc(-c2cc(CCCCCC)c(-c3sc(-c4sc(-c5sc(-c6cc(CCCCCC)c(-c7cc(CCCCCC)c(-c8sc(-c9cc(CCCCCC)cs9)cc8CCCCCC)s7)s6)c6sc(C(=O)OCC(CC)CCCC)cc56)cc4CCCCCC)cc3CCCCCC)s2)c1. The second-order valence-corrected chi connectivity index (χ2v) is 41.3. The fourth-order valence-corrected chi connectivity index (χ4v) is 28.1. The highest BCUT2D eigenvalue weighted by Crippen LogP contribution is 2.57. The molecule has 0 aliphatic heterocycles. The lowest BCUT2D eigenvalue weighted by Crippen LogP contribution is -2.13. The Balaban J connectivity index is 1.11. The van der Waals surface area contributed by atoms with Crippen LogP contribution in [0, 0.1) is 5.92 Å². The van der Waals surface area contributed by atoms with Crippen molar-refractivity contribution in [2.45, 2.75) is 352 Å². The first-order chi connectivity index (χ1) is 52.6. The molecule has 10 heterocycles. The van der Waals surface area contributed by atoms with Crippen molar-refractivity contribution < 1.29 is 9.53 Å². The van der Waals surface area contributed by atoms with E-state index < -0.39 is 0 Å². The first-order valence-corrected chi connectivity index (χ1v) is 51.5. The normalized spacial score (nSPS) is 12.2. The van der Waals surface area contributed by atoms with E-state index in [9.17, 15) is 4.79 Å². The summed E-state index contributed by atoms with van der Waals surface area (Å²) in [5.41, 5.74) is 12.3. The van der Waals surface area contributed by atoms with E-state index in [0.717, 1.165) is 62.7 Å². The number of carbonyl (C=O) groups excluding carboxylic acids is 1. The average Bonchev–Trinajstić information content (AvgIpc) is 1.59.